The zero-order chi connectivity index (χ0) is 28.7. The van der Waals surface area contributed by atoms with E-state index in [1.165, 1.54) is 12.3 Å². The lowest BCUT2D eigenvalue weighted by Gasteiger charge is -2.46. The number of hydrogen-bond donors (Lipinski definition) is 2. The zero-order valence-corrected chi connectivity index (χ0v) is 24.2. The van der Waals surface area contributed by atoms with Gasteiger partial charge in [-0.15, -0.1) is 0 Å². The molecule has 1 saturated heterocycles. The number of likely N-dealkylation sites (tertiary alicyclic amines) is 1. The number of carbonyl (C=O) groups excluding carboxylic acids is 2. The van der Waals surface area contributed by atoms with Crippen LogP contribution in [0.1, 0.15) is 68.9 Å². The summed E-state index contributed by atoms with van der Waals surface area (Å²) >= 11 is 0. The minimum absolute atomic E-state index is 0.00335. The van der Waals surface area contributed by atoms with Crippen molar-refractivity contribution >= 4 is 28.8 Å². The van der Waals surface area contributed by atoms with Crippen LogP contribution in [0.2, 0.25) is 0 Å². The molecule has 9 heteroatoms. The van der Waals surface area contributed by atoms with Crippen LogP contribution < -0.4 is 15.4 Å². The summed E-state index contributed by atoms with van der Waals surface area (Å²) in [6.45, 7) is 14.8. The third kappa shape index (κ3) is 5.47. The van der Waals surface area contributed by atoms with Gasteiger partial charge in [0, 0.05) is 44.0 Å². The molecule has 2 amide bonds. The Morgan fingerprint density at radius 3 is 2.67 bits per heavy atom. The average Bonchev–Trinajstić information content (AvgIpc) is 3.51. The summed E-state index contributed by atoms with van der Waals surface area (Å²) in [5, 5.41) is 6.67. The van der Waals surface area contributed by atoms with Crippen molar-refractivity contribution in [1.29, 1.82) is 0 Å². The number of nitrogens with one attached hydrogen (secondary N) is 2. The Kier molecular flexibility index (Phi) is 7.44. The summed E-state index contributed by atoms with van der Waals surface area (Å²) in [5.74, 6) is 0.702. The second-order valence-corrected chi connectivity index (χ2v) is 12.4. The van der Waals surface area contributed by atoms with Crippen molar-refractivity contribution in [2.45, 2.75) is 65.6 Å². The van der Waals surface area contributed by atoms with Gasteiger partial charge >= 0.3 is 0 Å². The van der Waals surface area contributed by atoms with E-state index < -0.39 is 0 Å². The van der Waals surface area contributed by atoms with Crippen molar-refractivity contribution < 1.29 is 14.3 Å². The van der Waals surface area contributed by atoms with E-state index in [0.29, 0.717) is 23.4 Å². The van der Waals surface area contributed by atoms with Gasteiger partial charge in [0.2, 0.25) is 17.7 Å². The Labute approximate surface area is 236 Å². The van der Waals surface area contributed by atoms with Gasteiger partial charge in [0.15, 0.2) is 0 Å². The van der Waals surface area contributed by atoms with Crippen molar-refractivity contribution in [3.63, 3.8) is 0 Å². The number of rotatable bonds is 8. The molecule has 1 aliphatic carbocycles. The summed E-state index contributed by atoms with van der Waals surface area (Å²) in [7, 11) is 1.54. The lowest BCUT2D eigenvalue weighted by atomic mass is 9.64. The minimum Gasteiger partial charge on any atom is -0.481 e. The van der Waals surface area contributed by atoms with Gasteiger partial charge in [-0.3, -0.25) is 14.9 Å². The quantitative estimate of drug-likeness (QED) is 0.389. The molecule has 2 aliphatic rings. The van der Waals surface area contributed by atoms with Crippen LogP contribution in [0.5, 0.6) is 5.88 Å². The number of ether oxygens (including phenoxy) is 1. The first-order valence-corrected chi connectivity index (χ1v) is 14.0. The van der Waals surface area contributed by atoms with Crippen LogP contribution in [0.25, 0.3) is 11.0 Å². The smallest absolute Gasteiger partial charge is 0.259 e. The molecule has 0 unspecified atom stereocenters. The summed E-state index contributed by atoms with van der Waals surface area (Å²) in [6.07, 6.45) is 5.74. The van der Waals surface area contributed by atoms with E-state index >= 15 is 0 Å². The molecule has 9 nitrogen and oxygen atoms in total. The average molecular weight is 545 g/mol. The molecule has 2 N–H and O–H groups in total. The summed E-state index contributed by atoms with van der Waals surface area (Å²) < 4.78 is 7.29. The molecule has 0 bridgehead atoms. The van der Waals surface area contributed by atoms with Crippen LogP contribution in [0.4, 0.5) is 5.95 Å². The molecular weight excluding hydrogens is 504 g/mol. The molecule has 1 atom stereocenters. The van der Waals surface area contributed by atoms with Crippen molar-refractivity contribution in [3.05, 3.63) is 60.3 Å². The fourth-order valence-corrected chi connectivity index (χ4v) is 5.81. The number of pyridine rings is 1. The lowest BCUT2D eigenvalue weighted by Crippen LogP contribution is -2.42. The van der Waals surface area contributed by atoms with E-state index in [0.717, 1.165) is 55.5 Å². The Morgan fingerprint density at radius 1 is 1.25 bits per heavy atom. The fourth-order valence-electron chi connectivity index (χ4n) is 5.81. The van der Waals surface area contributed by atoms with Crippen molar-refractivity contribution in [1.82, 2.24) is 24.8 Å². The number of fused-ring (bicyclic) bond motifs is 1. The van der Waals surface area contributed by atoms with E-state index in [1.54, 1.807) is 19.2 Å². The highest BCUT2D eigenvalue weighted by molar-refractivity contribution is 6.04. The number of anilines is 1. The van der Waals surface area contributed by atoms with Gasteiger partial charge in [-0.1, -0.05) is 33.4 Å². The van der Waals surface area contributed by atoms with Gasteiger partial charge in [-0.05, 0) is 66.9 Å². The van der Waals surface area contributed by atoms with Crippen LogP contribution in [0.15, 0.2) is 49.2 Å². The summed E-state index contributed by atoms with van der Waals surface area (Å²) in [6, 6.07) is 10.2. The highest BCUT2D eigenvalue weighted by Gasteiger charge is 2.50. The Hall–Kier alpha value is -3.72. The highest BCUT2D eigenvalue weighted by atomic mass is 16.5. The molecule has 1 aliphatic heterocycles. The van der Waals surface area contributed by atoms with Gasteiger partial charge in [0.25, 0.3) is 5.91 Å². The normalized spacial score (nSPS) is 21.3. The topological polar surface area (TPSA) is 101 Å². The van der Waals surface area contributed by atoms with Gasteiger partial charge < -0.3 is 19.5 Å². The maximum Gasteiger partial charge on any atom is 0.259 e. The first kappa shape index (κ1) is 27.8. The van der Waals surface area contributed by atoms with Crippen molar-refractivity contribution in [2.75, 3.05) is 25.5 Å². The molecule has 2 fully saturated rings. The number of aromatic nitrogens is 3. The van der Waals surface area contributed by atoms with Crippen molar-refractivity contribution in [3.8, 4) is 5.88 Å². The fraction of sp³-hybridized carbons (Fsp3) is 0.484. The van der Waals surface area contributed by atoms with Crippen LogP contribution >= 0.6 is 0 Å². The number of carbonyl (C=O) groups is 2. The number of methoxy groups -OCH3 is 1. The third-order valence-electron chi connectivity index (χ3n) is 8.73. The zero-order valence-electron chi connectivity index (χ0n) is 24.2. The summed E-state index contributed by atoms with van der Waals surface area (Å²) in [4.78, 5) is 36.4. The molecule has 1 saturated carbocycles. The molecule has 5 rings (SSSR count). The Morgan fingerprint density at radius 2 is 2.02 bits per heavy atom. The van der Waals surface area contributed by atoms with Crippen LogP contribution in [-0.4, -0.2) is 57.5 Å². The molecule has 40 heavy (non-hydrogen) atoms. The van der Waals surface area contributed by atoms with Crippen LogP contribution in [-0.2, 0) is 11.3 Å². The largest absolute Gasteiger partial charge is 0.481 e. The third-order valence-corrected chi connectivity index (χ3v) is 8.73. The van der Waals surface area contributed by atoms with E-state index in [4.69, 9.17) is 9.72 Å². The van der Waals surface area contributed by atoms with Gasteiger partial charge in [-0.25, -0.2) is 9.97 Å². The van der Waals surface area contributed by atoms with Gasteiger partial charge in [0.05, 0.1) is 23.7 Å². The number of hydrogen-bond acceptors (Lipinski definition) is 6. The molecule has 1 aromatic carbocycles. The standard InChI is InChI=1S/C31H40N6O3/c1-7-27(38)36-13-12-31(19-36)15-23(16-31)37-25-10-8-21(17-32-20(2)30(3,4)5)14-24(25)34-29(37)35-28(39)22-9-11-26(40-6)33-18-22/h7-11,14,18,20,23,32H,1,12-13,15-17,19H2,2-6H3,(H,34,35,39)/t20-,23-,31-/m0/s1. The second kappa shape index (κ2) is 10.7. The molecule has 3 heterocycles. The van der Waals surface area contributed by atoms with E-state index in [2.05, 4.69) is 72.7 Å². The van der Waals surface area contributed by atoms with Gasteiger partial charge in [0.1, 0.15) is 0 Å². The second-order valence-electron chi connectivity index (χ2n) is 12.4. The number of benzene rings is 1. The van der Waals surface area contributed by atoms with Crippen molar-refractivity contribution in [2.24, 2.45) is 10.8 Å². The monoisotopic (exact) mass is 544 g/mol. The molecule has 3 aromatic rings. The highest BCUT2D eigenvalue weighted by Crippen LogP contribution is 2.55. The van der Waals surface area contributed by atoms with Crippen LogP contribution in [0.3, 0.4) is 0 Å². The maximum atomic E-state index is 13.2. The Bertz CT molecular complexity index is 1420. The van der Waals surface area contributed by atoms with Crippen LogP contribution in [0, 0.1) is 10.8 Å². The number of imidazole rings is 1. The predicted octanol–water partition coefficient (Wildman–Crippen LogP) is 4.96. The number of nitrogens with zero attached hydrogens (tertiary/aromatic N) is 4. The van der Waals surface area contributed by atoms with E-state index in [1.807, 2.05) is 4.90 Å². The first-order chi connectivity index (χ1) is 19.0. The molecule has 212 valence electrons. The first-order valence-electron chi connectivity index (χ1n) is 14.0. The molecule has 2 aromatic heterocycles. The minimum atomic E-state index is -0.273. The SMILES string of the molecule is C=CC(=O)N1CC[C@]2(C1)C[C@H](n1c(NC(=O)c3ccc(OC)nc3)nc3cc(CN[C@@H](C)C(C)(C)C)ccc31)C2. The summed E-state index contributed by atoms with van der Waals surface area (Å²) in [5.41, 5.74) is 3.68. The predicted molar refractivity (Wildman–Crippen MR) is 156 cm³/mol. The molecule has 1 spiro atoms. The molecular formula is C31H40N6O3. The maximum absolute atomic E-state index is 13.2. The number of amides is 2. The Balaban J connectivity index is 1.41. The molecule has 0 radical (unpaired) electrons. The van der Waals surface area contributed by atoms with E-state index in [9.17, 15) is 9.59 Å². The lowest BCUT2D eigenvalue weighted by molar-refractivity contribution is -0.125. The van der Waals surface area contributed by atoms with E-state index in [-0.39, 0.29) is 28.7 Å². The van der Waals surface area contributed by atoms with Gasteiger partial charge in [-0.2, -0.15) is 0 Å².